The van der Waals surface area contributed by atoms with Crippen LogP contribution in [0.3, 0.4) is 0 Å². The van der Waals surface area contributed by atoms with Gasteiger partial charge in [-0.25, -0.2) is 9.59 Å². The number of esters is 1. The summed E-state index contributed by atoms with van der Waals surface area (Å²) >= 11 is 0. The molecule has 2 rings (SSSR count). The molecule has 0 aliphatic heterocycles. The van der Waals surface area contributed by atoms with Gasteiger partial charge in [0.25, 0.3) is 0 Å². The van der Waals surface area contributed by atoms with Gasteiger partial charge >= 0.3 is 11.9 Å². The summed E-state index contributed by atoms with van der Waals surface area (Å²) in [4.78, 5) is 26.3. The second kappa shape index (κ2) is 5.18. The molecular formula is C13H9NO5. The first-order chi connectivity index (χ1) is 9.08. The highest BCUT2D eigenvalue weighted by atomic mass is 16.5. The van der Waals surface area contributed by atoms with Crippen LogP contribution in [0.2, 0.25) is 0 Å². The number of benzene rings is 1. The van der Waals surface area contributed by atoms with Crippen LogP contribution in [0.4, 0.5) is 0 Å². The zero-order chi connectivity index (χ0) is 13.8. The molecule has 96 valence electrons. The van der Waals surface area contributed by atoms with Gasteiger partial charge in [-0.2, -0.15) is 0 Å². The number of hydrogen-bond donors (Lipinski definition) is 2. The van der Waals surface area contributed by atoms with Gasteiger partial charge in [0.2, 0.25) is 0 Å². The number of hydrogen-bond acceptors (Lipinski definition) is 5. The third-order valence-corrected chi connectivity index (χ3v) is 2.31. The third kappa shape index (κ3) is 2.86. The fraction of sp³-hybridized carbons (Fsp3) is 0. The summed E-state index contributed by atoms with van der Waals surface area (Å²) in [5, 5.41) is 18.2. The first-order valence-corrected chi connectivity index (χ1v) is 5.26. The number of carboxylic acids is 1. The minimum absolute atomic E-state index is 0.0315. The Morgan fingerprint density at radius 1 is 1.21 bits per heavy atom. The van der Waals surface area contributed by atoms with Crippen molar-refractivity contribution in [1.29, 1.82) is 0 Å². The number of carbonyl (C=O) groups excluding carboxylic acids is 1. The van der Waals surface area contributed by atoms with E-state index in [1.54, 1.807) is 6.07 Å². The lowest BCUT2D eigenvalue weighted by molar-refractivity contribution is 0.0684. The molecule has 0 bridgehead atoms. The molecule has 0 fully saturated rings. The lowest BCUT2D eigenvalue weighted by atomic mass is 10.2. The van der Waals surface area contributed by atoms with Crippen molar-refractivity contribution in [2.45, 2.75) is 0 Å². The van der Waals surface area contributed by atoms with Crippen molar-refractivity contribution in [2.24, 2.45) is 0 Å². The zero-order valence-corrected chi connectivity index (χ0v) is 9.61. The van der Waals surface area contributed by atoms with Crippen LogP contribution in [-0.2, 0) is 0 Å². The van der Waals surface area contributed by atoms with Gasteiger partial charge in [0.1, 0.15) is 17.1 Å². The van der Waals surface area contributed by atoms with Gasteiger partial charge in [0, 0.05) is 12.4 Å². The van der Waals surface area contributed by atoms with E-state index in [0.29, 0.717) is 0 Å². The molecule has 0 radical (unpaired) electrons. The summed E-state index contributed by atoms with van der Waals surface area (Å²) in [6.45, 7) is 0. The summed E-state index contributed by atoms with van der Waals surface area (Å²) in [7, 11) is 0. The van der Waals surface area contributed by atoms with Crippen LogP contribution in [0.5, 0.6) is 11.5 Å². The van der Waals surface area contributed by atoms with E-state index < -0.39 is 17.7 Å². The maximum absolute atomic E-state index is 11.7. The quantitative estimate of drug-likeness (QED) is 0.643. The number of carbonyl (C=O) groups is 2. The van der Waals surface area contributed by atoms with E-state index in [0.717, 1.165) is 12.1 Å². The summed E-state index contributed by atoms with van der Waals surface area (Å²) in [6.07, 6.45) is 2.85. The number of pyridine rings is 1. The fourth-order valence-electron chi connectivity index (χ4n) is 1.40. The number of carboxylic acid groups (broad SMARTS) is 1. The molecule has 0 saturated heterocycles. The molecule has 0 atom stereocenters. The first-order valence-electron chi connectivity index (χ1n) is 5.26. The molecule has 0 spiro atoms. The molecule has 2 aromatic rings. The molecule has 1 heterocycles. The van der Waals surface area contributed by atoms with Crippen molar-refractivity contribution in [3.8, 4) is 11.5 Å². The van der Waals surface area contributed by atoms with Gasteiger partial charge in [-0.15, -0.1) is 0 Å². The van der Waals surface area contributed by atoms with E-state index >= 15 is 0 Å². The van der Waals surface area contributed by atoms with Crippen LogP contribution in [0.15, 0.2) is 42.7 Å². The number of phenols is 1. The molecule has 6 nitrogen and oxygen atoms in total. The maximum Gasteiger partial charge on any atom is 0.345 e. The average molecular weight is 259 g/mol. The van der Waals surface area contributed by atoms with Crippen molar-refractivity contribution in [1.82, 2.24) is 4.98 Å². The Hall–Kier alpha value is -2.89. The topological polar surface area (TPSA) is 96.7 Å². The zero-order valence-electron chi connectivity index (χ0n) is 9.61. The molecular weight excluding hydrogens is 250 g/mol. The second-order valence-corrected chi connectivity index (χ2v) is 3.62. The van der Waals surface area contributed by atoms with Gasteiger partial charge < -0.3 is 14.9 Å². The van der Waals surface area contributed by atoms with E-state index in [1.165, 1.54) is 24.5 Å². The van der Waals surface area contributed by atoms with Crippen molar-refractivity contribution in [2.75, 3.05) is 0 Å². The predicted octanol–water partition coefficient (Wildman–Crippen LogP) is 1.70. The number of aromatic hydroxyl groups is 1. The van der Waals surface area contributed by atoms with Crippen molar-refractivity contribution >= 4 is 11.9 Å². The number of rotatable bonds is 3. The fourth-order valence-corrected chi connectivity index (χ4v) is 1.40. The van der Waals surface area contributed by atoms with Gasteiger partial charge in [0.05, 0.1) is 5.56 Å². The molecule has 19 heavy (non-hydrogen) atoms. The Bertz CT molecular complexity index is 624. The Labute approximate surface area is 107 Å². The van der Waals surface area contributed by atoms with Crippen molar-refractivity contribution < 1.29 is 24.5 Å². The van der Waals surface area contributed by atoms with Crippen molar-refractivity contribution in [3.63, 3.8) is 0 Å². The van der Waals surface area contributed by atoms with Crippen LogP contribution in [0, 0.1) is 0 Å². The van der Waals surface area contributed by atoms with Crippen LogP contribution in [0.25, 0.3) is 0 Å². The molecule has 1 aromatic carbocycles. The lowest BCUT2D eigenvalue weighted by Crippen LogP contribution is -2.09. The van der Waals surface area contributed by atoms with Crippen LogP contribution in [0.1, 0.15) is 20.7 Å². The second-order valence-electron chi connectivity index (χ2n) is 3.62. The van der Waals surface area contributed by atoms with Gasteiger partial charge in [0.15, 0.2) is 0 Å². The van der Waals surface area contributed by atoms with E-state index in [4.69, 9.17) is 9.84 Å². The van der Waals surface area contributed by atoms with E-state index in [9.17, 15) is 14.7 Å². The number of ether oxygens (including phenoxy) is 1. The van der Waals surface area contributed by atoms with Crippen LogP contribution in [-0.4, -0.2) is 27.1 Å². The highest BCUT2D eigenvalue weighted by molar-refractivity contribution is 5.93. The highest BCUT2D eigenvalue weighted by Crippen LogP contribution is 2.23. The Morgan fingerprint density at radius 2 is 2.00 bits per heavy atom. The molecule has 0 saturated carbocycles. The molecule has 2 N–H and O–H groups in total. The van der Waals surface area contributed by atoms with Gasteiger partial charge in [-0.3, -0.25) is 4.98 Å². The predicted molar refractivity (Wildman–Crippen MR) is 64.3 cm³/mol. The molecule has 0 aliphatic rings. The number of aromatic carboxylic acids is 1. The van der Waals surface area contributed by atoms with E-state index in [-0.39, 0.29) is 16.9 Å². The molecule has 1 aromatic heterocycles. The van der Waals surface area contributed by atoms with Crippen molar-refractivity contribution in [3.05, 3.63) is 53.9 Å². The Balaban J connectivity index is 2.23. The SMILES string of the molecule is O=C(Oc1ccc(O)c(C(=O)O)c1)c1cccnc1. The number of aromatic nitrogens is 1. The standard InChI is InChI=1S/C13H9NO5/c15-11-4-3-9(6-10(11)12(16)17)19-13(18)8-2-1-5-14-7-8/h1-7,15H,(H,16,17). The molecule has 0 unspecified atom stereocenters. The third-order valence-electron chi connectivity index (χ3n) is 2.31. The monoisotopic (exact) mass is 259 g/mol. The van der Waals surface area contributed by atoms with Crippen LogP contribution < -0.4 is 4.74 Å². The average Bonchev–Trinajstić information content (AvgIpc) is 2.41. The normalized spacial score (nSPS) is 9.89. The Morgan fingerprint density at radius 3 is 2.63 bits per heavy atom. The molecule has 0 aliphatic carbocycles. The molecule has 6 heteroatoms. The highest BCUT2D eigenvalue weighted by Gasteiger charge is 2.13. The van der Waals surface area contributed by atoms with Gasteiger partial charge in [-0.1, -0.05) is 0 Å². The minimum atomic E-state index is -1.31. The summed E-state index contributed by atoms with van der Waals surface area (Å²) < 4.78 is 4.99. The van der Waals surface area contributed by atoms with Crippen LogP contribution >= 0.6 is 0 Å². The summed E-state index contributed by atoms with van der Waals surface area (Å²) in [5.41, 5.74) is -0.0936. The largest absolute Gasteiger partial charge is 0.507 e. The summed E-state index contributed by atoms with van der Waals surface area (Å²) in [5.74, 6) is -2.33. The molecule has 0 amide bonds. The van der Waals surface area contributed by atoms with E-state index in [1.807, 2.05) is 0 Å². The number of nitrogens with zero attached hydrogens (tertiary/aromatic N) is 1. The maximum atomic E-state index is 11.7. The van der Waals surface area contributed by atoms with E-state index in [2.05, 4.69) is 4.98 Å². The minimum Gasteiger partial charge on any atom is -0.507 e. The first kappa shape index (κ1) is 12.6. The Kier molecular flexibility index (Phi) is 3.42. The van der Waals surface area contributed by atoms with Gasteiger partial charge in [-0.05, 0) is 30.3 Å². The smallest absolute Gasteiger partial charge is 0.345 e. The lowest BCUT2D eigenvalue weighted by Gasteiger charge is -2.06. The summed E-state index contributed by atoms with van der Waals surface area (Å²) in [6, 6.07) is 6.63.